The molecule has 1 aromatic heterocycles. The van der Waals surface area contributed by atoms with E-state index >= 15 is 0 Å². The van der Waals surface area contributed by atoms with Gasteiger partial charge in [-0.1, -0.05) is 35.9 Å². The number of hydrogen-bond donors (Lipinski definition) is 0. The summed E-state index contributed by atoms with van der Waals surface area (Å²) >= 11 is 0. The largest absolute Gasteiger partial charge is 0.492 e. The lowest BCUT2D eigenvalue weighted by atomic mass is 10.1. The second kappa shape index (κ2) is 8.03. The van der Waals surface area contributed by atoms with Gasteiger partial charge in [-0.2, -0.15) is 9.90 Å². The fraction of sp³-hybridized carbons (Fsp3) is 0.286. The Morgan fingerprint density at radius 1 is 1.07 bits per heavy atom. The van der Waals surface area contributed by atoms with Crippen molar-refractivity contribution in [2.75, 3.05) is 20.2 Å². The first-order valence-corrected chi connectivity index (χ1v) is 8.90. The highest BCUT2D eigenvalue weighted by Gasteiger charge is 2.20. The summed E-state index contributed by atoms with van der Waals surface area (Å²) in [6.45, 7) is 6.73. The van der Waals surface area contributed by atoms with Crippen molar-refractivity contribution in [2.24, 2.45) is 0 Å². The average Bonchev–Trinajstić information content (AvgIpc) is 3.03. The molecule has 1 amide bonds. The average molecular weight is 364 g/mol. The van der Waals surface area contributed by atoms with E-state index in [0.717, 1.165) is 17.0 Å². The molecule has 0 saturated carbocycles. The highest BCUT2D eigenvalue weighted by Crippen LogP contribution is 2.16. The van der Waals surface area contributed by atoms with Crippen LogP contribution in [0.4, 0.5) is 0 Å². The molecule has 0 unspecified atom stereocenters. The molecule has 0 radical (unpaired) electrons. The van der Waals surface area contributed by atoms with Crippen LogP contribution < -0.4 is 4.74 Å². The predicted octanol–water partition coefficient (Wildman–Crippen LogP) is 3.34. The van der Waals surface area contributed by atoms with E-state index in [0.29, 0.717) is 24.5 Å². The quantitative estimate of drug-likeness (QED) is 0.673. The number of nitrogens with zero attached hydrogens (tertiary/aromatic N) is 4. The number of rotatable bonds is 6. The fourth-order valence-corrected chi connectivity index (χ4v) is 2.81. The van der Waals surface area contributed by atoms with Gasteiger partial charge in [0, 0.05) is 7.05 Å². The van der Waals surface area contributed by atoms with E-state index in [9.17, 15) is 4.79 Å². The van der Waals surface area contributed by atoms with Crippen LogP contribution in [0, 0.1) is 20.8 Å². The maximum atomic E-state index is 12.7. The number of carbonyl (C=O) groups is 1. The molecule has 2 aromatic carbocycles. The van der Waals surface area contributed by atoms with Gasteiger partial charge >= 0.3 is 0 Å². The molecule has 0 aliphatic carbocycles. The third-order valence-corrected chi connectivity index (χ3v) is 4.34. The summed E-state index contributed by atoms with van der Waals surface area (Å²) in [5, 5.41) is 8.86. The monoisotopic (exact) mass is 364 g/mol. The fourth-order valence-electron chi connectivity index (χ4n) is 2.81. The molecule has 3 aromatic rings. The van der Waals surface area contributed by atoms with Gasteiger partial charge in [-0.3, -0.25) is 4.79 Å². The smallest absolute Gasteiger partial charge is 0.276 e. The summed E-state index contributed by atoms with van der Waals surface area (Å²) in [5.74, 6) is 0.621. The van der Waals surface area contributed by atoms with E-state index in [4.69, 9.17) is 4.74 Å². The second-order valence-electron chi connectivity index (χ2n) is 6.60. The molecule has 140 valence electrons. The first-order valence-electron chi connectivity index (χ1n) is 8.90. The minimum atomic E-state index is -0.167. The highest BCUT2D eigenvalue weighted by atomic mass is 16.5. The molecule has 0 aliphatic rings. The number of aromatic nitrogens is 3. The topological polar surface area (TPSA) is 60.2 Å². The minimum absolute atomic E-state index is 0.167. The van der Waals surface area contributed by atoms with E-state index in [1.54, 1.807) is 18.9 Å². The van der Waals surface area contributed by atoms with Gasteiger partial charge in [0.25, 0.3) is 5.91 Å². The number of benzene rings is 2. The molecule has 0 fully saturated rings. The third kappa shape index (κ3) is 4.34. The summed E-state index contributed by atoms with van der Waals surface area (Å²) in [5.41, 5.74) is 4.08. The Balaban J connectivity index is 1.68. The van der Waals surface area contributed by atoms with E-state index < -0.39 is 0 Å². The van der Waals surface area contributed by atoms with Crippen LogP contribution in [-0.2, 0) is 0 Å². The van der Waals surface area contributed by atoms with Crippen molar-refractivity contribution in [1.82, 2.24) is 19.9 Å². The Kier molecular flexibility index (Phi) is 5.54. The van der Waals surface area contributed by atoms with Gasteiger partial charge in [0.1, 0.15) is 12.4 Å². The molecule has 6 heteroatoms. The van der Waals surface area contributed by atoms with Crippen LogP contribution in [0.15, 0.2) is 48.5 Å². The van der Waals surface area contributed by atoms with E-state index in [1.807, 2.05) is 56.3 Å². The summed E-state index contributed by atoms with van der Waals surface area (Å²) in [6.07, 6.45) is 0. The number of hydrogen-bond acceptors (Lipinski definition) is 4. The van der Waals surface area contributed by atoms with Crippen LogP contribution in [-0.4, -0.2) is 46.0 Å². The second-order valence-corrected chi connectivity index (χ2v) is 6.60. The molecule has 0 atom stereocenters. The lowest BCUT2D eigenvalue weighted by molar-refractivity contribution is 0.0767. The number of likely N-dealkylation sites (N-methyl/N-ethyl adjacent to an activating group) is 1. The van der Waals surface area contributed by atoms with Crippen LogP contribution in [0.3, 0.4) is 0 Å². The van der Waals surface area contributed by atoms with Crippen molar-refractivity contribution in [1.29, 1.82) is 0 Å². The molecular weight excluding hydrogens is 340 g/mol. The van der Waals surface area contributed by atoms with Crippen molar-refractivity contribution in [3.63, 3.8) is 0 Å². The SMILES string of the molecule is Cc1ccc(-n2nc(C)c(C(=O)N(C)CCOc3ccccc3)n2)c(C)c1. The van der Waals surface area contributed by atoms with Gasteiger partial charge in [-0.25, -0.2) is 0 Å². The van der Waals surface area contributed by atoms with Gasteiger partial charge in [0.15, 0.2) is 5.69 Å². The van der Waals surface area contributed by atoms with E-state index in [-0.39, 0.29) is 5.91 Å². The first-order chi connectivity index (χ1) is 13.0. The number of amides is 1. The Labute approximate surface area is 159 Å². The summed E-state index contributed by atoms with van der Waals surface area (Å²) in [4.78, 5) is 15.9. The zero-order valence-corrected chi connectivity index (χ0v) is 16.1. The minimum Gasteiger partial charge on any atom is -0.492 e. The molecule has 0 bridgehead atoms. The summed E-state index contributed by atoms with van der Waals surface area (Å²) in [7, 11) is 1.74. The first kappa shape index (κ1) is 18.6. The molecule has 0 aliphatic heterocycles. The molecular formula is C21H24N4O2. The maximum Gasteiger partial charge on any atom is 0.276 e. The normalized spacial score (nSPS) is 10.7. The van der Waals surface area contributed by atoms with E-state index in [2.05, 4.69) is 16.3 Å². The van der Waals surface area contributed by atoms with Crippen LogP contribution >= 0.6 is 0 Å². The molecule has 0 spiro atoms. The Morgan fingerprint density at radius 3 is 2.52 bits per heavy atom. The molecule has 1 heterocycles. The van der Waals surface area contributed by atoms with Crippen LogP contribution in [0.5, 0.6) is 5.75 Å². The lowest BCUT2D eigenvalue weighted by Crippen LogP contribution is -2.31. The number of carbonyl (C=O) groups excluding carboxylic acids is 1. The number of para-hydroxylation sites is 1. The van der Waals surface area contributed by atoms with Crippen molar-refractivity contribution in [3.05, 3.63) is 71.0 Å². The Bertz CT molecular complexity index is 935. The van der Waals surface area contributed by atoms with Crippen LogP contribution in [0.1, 0.15) is 27.3 Å². The molecule has 27 heavy (non-hydrogen) atoms. The van der Waals surface area contributed by atoms with Gasteiger partial charge in [-0.05, 0) is 44.5 Å². The Morgan fingerprint density at radius 2 is 1.81 bits per heavy atom. The van der Waals surface area contributed by atoms with Gasteiger partial charge in [-0.15, -0.1) is 5.10 Å². The number of ether oxygens (including phenoxy) is 1. The standard InChI is InChI=1S/C21H24N4O2/c1-15-10-11-19(16(2)14-15)25-22-17(3)20(23-25)21(26)24(4)12-13-27-18-8-6-5-7-9-18/h5-11,14H,12-13H2,1-4H3. The zero-order valence-electron chi connectivity index (χ0n) is 16.1. The molecule has 3 rings (SSSR count). The van der Waals surface area contributed by atoms with E-state index in [1.165, 1.54) is 10.4 Å². The Hall–Kier alpha value is -3.15. The zero-order chi connectivity index (χ0) is 19.4. The van der Waals surface area contributed by atoms with Crippen molar-refractivity contribution in [3.8, 4) is 11.4 Å². The molecule has 0 N–H and O–H groups in total. The van der Waals surface area contributed by atoms with Gasteiger partial charge in [0.2, 0.25) is 0 Å². The van der Waals surface area contributed by atoms with Gasteiger partial charge in [0.05, 0.1) is 17.9 Å². The van der Waals surface area contributed by atoms with Crippen LogP contribution in [0.2, 0.25) is 0 Å². The number of aryl methyl sites for hydroxylation is 3. The maximum absolute atomic E-state index is 12.7. The summed E-state index contributed by atoms with van der Waals surface area (Å²) in [6, 6.07) is 15.6. The van der Waals surface area contributed by atoms with Crippen molar-refractivity contribution in [2.45, 2.75) is 20.8 Å². The van der Waals surface area contributed by atoms with Gasteiger partial charge < -0.3 is 9.64 Å². The molecule has 0 saturated heterocycles. The highest BCUT2D eigenvalue weighted by molar-refractivity contribution is 5.93. The predicted molar refractivity (Wildman–Crippen MR) is 104 cm³/mol. The van der Waals surface area contributed by atoms with Crippen LogP contribution in [0.25, 0.3) is 5.69 Å². The van der Waals surface area contributed by atoms with Crippen molar-refractivity contribution < 1.29 is 9.53 Å². The third-order valence-electron chi connectivity index (χ3n) is 4.34. The molecule has 6 nitrogen and oxygen atoms in total. The van der Waals surface area contributed by atoms with Crippen molar-refractivity contribution >= 4 is 5.91 Å². The lowest BCUT2D eigenvalue weighted by Gasteiger charge is -2.16. The summed E-state index contributed by atoms with van der Waals surface area (Å²) < 4.78 is 5.66.